The fourth-order valence-corrected chi connectivity index (χ4v) is 2.95. The summed E-state index contributed by atoms with van der Waals surface area (Å²) in [6, 6.07) is 3.55. The molecule has 0 aromatic carbocycles. The number of aromatic nitrogens is 1. The smallest absolute Gasteiger partial charge is 0.411 e. The third-order valence-electron chi connectivity index (χ3n) is 3.61. The average molecular weight is 311 g/mol. The second-order valence-electron chi connectivity index (χ2n) is 6.86. The van der Waals surface area contributed by atoms with Gasteiger partial charge < -0.3 is 4.74 Å². The minimum absolute atomic E-state index is 0.0629. The Bertz CT molecular complexity index is 552. The summed E-state index contributed by atoms with van der Waals surface area (Å²) in [6.07, 6.45) is -0.303. The van der Waals surface area contributed by atoms with E-state index >= 15 is 0 Å². The molecule has 0 spiro atoms. The molecule has 1 aliphatic rings. The Labute approximate surface area is 131 Å². The number of hydrogen-bond acceptors (Lipinski definition) is 3. The van der Waals surface area contributed by atoms with Crippen LogP contribution in [-0.2, 0) is 4.74 Å². The van der Waals surface area contributed by atoms with Crippen molar-refractivity contribution in [2.45, 2.75) is 59.2 Å². The number of nitrogens with zero attached hydrogens (tertiary/aromatic N) is 2. The minimum atomic E-state index is -0.516. The van der Waals surface area contributed by atoms with E-state index in [1.165, 1.54) is 0 Å². The number of pyridine rings is 1. The lowest BCUT2D eigenvalue weighted by Crippen LogP contribution is -2.38. The molecule has 0 radical (unpaired) electrons. The second-order valence-corrected chi connectivity index (χ2v) is 7.25. The van der Waals surface area contributed by atoms with Crippen molar-refractivity contribution in [3.8, 4) is 0 Å². The molecule has 21 heavy (non-hydrogen) atoms. The van der Waals surface area contributed by atoms with Gasteiger partial charge in [0.25, 0.3) is 0 Å². The maximum Gasteiger partial charge on any atom is 0.411 e. The molecule has 0 fully saturated rings. The van der Waals surface area contributed by atoms with Crippen molar-refractivity contribution >= 4 is 17.7 Å². The largest absolute Gasteiger partial charge is 0.444 e. The number of rotatable bonds is 1. The standard InChI is InChI=1S/C16H23ClN2O2/c1-9(2)14-13-11(7-8-12(17)18-13)10(3)19(14)15(20)21-16(4,5)6/h7-10,14H,1-6H3. The monoisotopic (exact) mass is 310 g/mol. The van der Waals surface area contributed by atoms with E-state index in [2.05, 4.69) is 18.8 Å². The van der Waals surface area contributed by atoms with Crippen LogP contribution in [-0.4, -0.2) is 21.6 Å². The lowest BCUT2D eigenvalue weighted by Gasteiger charge is -2.33. The van der Waals surface area contributed by atoms with Crippen LogP contribution in [0.3, 0.4) is 0 Å². The summed E-state index contributed by atoms with van der Waals surface area (Å²) in [5.41, 5.74) is 1.41. The number of carbonyl (C=O) groups excluding carboxylic acids is 1. The van der Waals surface area contributed by atoms with Crippen molar-refractivity contribution in [2.75, 3.05) is 0 Å². The summed E-state index contributed by atoms with van der Waals surface area (Å²) in [7, 11) is 0. The third-order valence-corrected chi connectivity index (χ3v) is 3.82. The van der Waals surface area contributed by atoms with Gasteiger partial charge in [0.15, 0.2) is 0 Å². The Morgan fingerprint density at radius 1 is 1.38 bits per heavy atom. The highest BCUT2D eigenvalue weighted by Crippen LogP contribution is 2.45. The summed E-state index contributed by atoms with van der Waals surface area (Å²) in [5.74, 6) is 0.229. The summed E-state index contributed by atoms with van der Waals surface area (Å²) < 4.78 is 5.56. The van der Waals surface area contributed by atoms with E-state index < -0.39 is 5.60 Å². The summed E-state index contributed by atoms with van der Waals surface area (Å²) in [4.78, 5) is 18.8. The van der Waals surface area contributed by atoms with Gasteiger partial charge in [-0.2, -0.15) is 0 Å². The van der Waals surface area contributed by atoms with Gasteiger partial charge in [-0.05, 0) is 45.2 Å². The van der Waals surface area contributed by atoms with Gasteiger partial charge in [0.1, 0.15) is 10.8 Å². The molecule has 0 bridgehead atoms. The zero-order chi connectivity index (χ0) is 15.9. The molecule has 1 aliphatic heterocycles. The van der Waals surface area contributed by atoms with Crippen molar-refractivity contribution in [3.63, 3.8) is 0 Å². The van der Waals surface area contributed by atoms with Crippen LogP contribution in [0.25, 0.3) is 0 Å². The van der Waals surface area contributed by atoms with Crippen molar-refractivity contribution < 1.29 is 9.53 Å². The van der Waals surface area contributed by atoms with Crippen LogP contribution in [0.2, 0.25) is 5.15 Å². The van der Waals surface area contributed by atoms with E-state index in [1.807, 2.05) is 33.8 Å². The van der Waals surface area contributed by atoms with E-state index in [0.717, 1.165) is 11.3 Å². The Kier molecular flexibility index (Phi) is 4.20. The molecule has 1 aromatic rings. The highest BCUT2D eigenvalue weighted by Gasteiger charge is 2.43. The van der Waals surface area contributed by atoms with E-state index in [-0.39, 0.29) is 24.1 Å². The topological polar surface area (TPSA) is 42.4 Å². The number of halogens is 1. The van der Waals surface area contributed by atoms with Crippen LogP contribution in [0.5, 0.6) is 0 Å². The fourth-order valence-electron chi connectivity index (χ4n) is 2.80. The van der Waals surface area contributed by atoms with Crippen molar-refractivity contribution in [3.05, 3.63) is 28.5 Å². The molecule has 5 heteroatoms. The van der Waals surface area contributed by atoms with Gasteiger partial charge in [-0.15, -0.1) is 0 Å². The summed E-state index contributed by atoms with van der Waals surface area (Å²) in [6.45, 7) is 11.8. The van der Waals surface area contributed by atoms with E-state index in [9.17, 15) is 4.79 Å². The Morgan fingerprint density at radius 2 is 2.00 bits per heavy atom. The predicted molar refractivity (Wildman–Crippen MR) is 83.3 cm³/mol. The van der Waals surface area contributed by atoms with Gasteiger partial charge >= 0.3 is 6.09 Å². The first-order valence-corrected chi connectivity index (χ1v) is 7.67. The molecule has 0 saturated heterocycles. The lowest BCUT2D eigenvalue weighted by atomic mass is 10.00. The highest BCUT2D eigenvalue weighted by molar-refractivity contribution is 6.29. The van der Waals surface area contributed by atoms with E-state index in [1.54, 1.807) is 11.0 Å². The highest BCUT2D eigenvalue weighted by atomic mass is 35.5. The second kappa shape index (κ2) is 5.48. The molecule has 0 saturated carbocycles. The first kappa shape index (κ1) is 16.1. The molecule has 1 aromatic heterocycles. The minimum Gasteiger partial charge on any atom is -0.444 e. The number of ether oxygens (including phenoxy) is 1. The first-order chi connectivity index (χ1) is 9.61. The van der Waals surface area contributed by atoms with Crippen molar-refractivity contribution in [2.24, 2.45) is 5.92 Å². The van der Waals surface area contributed by atoms with Gasteiger partial charge in [-0.25, -0.2) is 9.78 Å². The molecule has 2 rings (SSSR count). The normalized spacial score (nSPS) is 21.6. The molecule has 2 unspecified atom stereocenters. The maximum absolute atomic E-state index is 12.6. The number of carbonyl (C=O) groups is 1. The Balaban J connectivity index is 2.41. The molecule has 0 aliphatic carbocycles. The molecule has 116 valence electrons. The molecule has 1 amide bonds. The van der Waals surface area contributed by atoms with Crippen LogP contribution < -0.4 is 0 Å². The van der Waals surface area contributed by atoms with Gasteiger partial charge in [0, 0.05) is 0 Å². The molecule has 4 nitrogen and oxygen atoms in total. The Morgan fingerprint density at radius 3 is 2.52 bits per heavy atom. The number of hydrogen-bond donors (Lipinski definition) is 0. The predicted octanol–water partition coefficient (Wildman–Crippen LogP) is 4.74. The maximum atomic E-state index is 12.6. The molecule has 2 atom stereocenters. The average Bonchev–Trinajstić information content (AvgIpc) is 2.60. The van der Waals surface area contributed by atoms with Gasteiger partial charge in [-0.1, -0.05) is 31.5 Å². The SMILES string of the molecule is CC(C)C1c2nc(Cl)ccc2C(C)N1C(=O)OC(C)(C)C. The van der Waals surface area contributed by atoms with Crippen molar-refractivity contribution in [1.82, 2.24) is 9.88 Å². The van der Waals surface area contributed by atoms with E-state index in [4.69, 9.17) is 16.3 Å². The lowest BCUT2D eigenvalue weighted by molar-refractivity contribution is 0.00537. The first-order valence-electron chi connectivity index (χ1n) is 7.29. The number of fused-ring (bicyclic) bond motifs is 1. The number of amides is 1. The molecular weight excluding hydrogens is 288 g/mol. The van der Waals surface area contributed by atoms with E-state index in [0.29, 0.717) is 5.15 Å². The third kappa shape index (κ3) is 3.15. The van der Waals surface area contributed by atoms with Crippen molar-refractivity contribution in [1.29, 1.82) is 0 Å². The fraction of sp³-hybridized carbons (Fsp3) is 0.625. The van der Waals surface area contributed by atoms with Gasteiger partial charge in [0.05, 0.1) is 17.8 Å². The van der Waals surface area contributed by atoms with Gasteiger partial charge in [0.2, 0.25) is 0 Å². The zero-order valence-electron chi connectivity index (χ0n) is 13.5. The quantitative estimate of drug-likeness (QED) is 0.703. The van der Waals surface area contributed by atoms with Crippen LogP contribution >= 0.6 is 11.6 Å². The molecular formula is C16H23ClN2O2. The zero-order valence-corrected chi connectivity index (χ0v) is 14.2. The molecule has 2 heterocycles. The Hall–Kier alpha value is -1.29. The molecule has 0 N–H and O–H groups in total. The van der Waals surface area contributed by atoms with Crippen LogP contribution in [0.1, 0.15) is 64.9 Å². The summed E-state index contributed by atoms with van der Waals surface area (Å²) >= 11 is 6.03. The van der Waals surface area contributed by atoms with Crippen LogP contribution in [0.15, 0.2) is 12.1 Å². The van der Waals surface area contributed by atoms with Crippen LogP contribution in [0, 0.1) is 5.92 Å². The van der Waals surface area contributed by atoms with Gasteiger partial charge in [-0.3, -0.25) is 4.90 Å². The van der Waals surface area contributed by atoms with Crippen LogP contribution in [0.4, 0.5) is 4.79 Å². The summed E-state index contributed by atoms with van der Waals surface area (Å²) in [5, 5.41) is 0.456.